The van der Waals surface area contributed by atoms with Gasteiger partial charge in [0.15, 0.2) is 5.52 Å². The summed E-state index contributed by atoms with van der Waals surface area (Å²) < 4.78 is 2.06. The van der Waals surface area contributed by atoms with Crippen LogP contribution < -0.4 is 10.3 Å². The Morgan fingerprint density at radius 1 is 1.39 bits per heavy atom. The van der Waals surface area contributed by atoms with Crippen molar-refractivity contribution in [3.8, 4) is 0 Å². The van der Waals surface area contributed by atoms with E-state index in [9.17, 15) is 0 Å². The largest absolute Gasteiger partial charge is 0.337 e. The molecule has 0 saturated carbocycles. The predicted molar refractivity (Wildman–Crippen MR) is 65.8 cm³/mol. The Labute approximate surface area is 103 Å². The zero-order valence-corrected chi connectivity index (χ0v) is 9.80. The molecule has 3 N–H and O–H groups in total. The third-order valence-corrected chi connectivity index (χ3v) is 2.72. The van der Waals surface area contributed by atoms with Crippen LogP contribution in [0.4, 0.5) is 5.82 Å². The van der Waals surface area contributed by atoms with Crippen LogP contribution >= 0.6 is 0 Å². The number of rotatable bonds is 5. The lowest BCUT2D eigenvalue weighted by molar-refractivity contribution is -0.364. The van der Waals surface area contributed by atoms with Crippen LogP contribution in [0.3, 0.4) is 0 Å². The van der Waals surface area contributed by atoms with Crippen LogP contribution in [-0.2, 0) is 6.54 Å². The number of hydrogen-bond donors (Lipinski definition) is 2. The highest BCUT2D eigenvalue weighted by Crippen LogP contribution is 2.11. The van der Waals surface area contributed by atoms with Crippen molar-refractivity contribution in [1.29, 1.82) is 0 Å². The number of aromatic amines is 2. The molecule has 3 aromatic heterocycles. The highest BCUT2D eigenvalue weighted by Gasteiger charge is 2.09. The highest BCUT2D eigenvalue weighted by atomic mass is 15.1. The van der Waals surface area contributed by atoms with E-state index in [4.69, 9.17) is 0 Å². The number of aryl methyl sites for hydroxylation is 1. The Morgan fingerprint density at radius 2 is 2.39 bits per heavy atom. The Balaban J connectivity index is 1.58. The number of fused-ring (bicyclic) bond motifs is 1. The molecule has 18 heavy (non-hydrogen) atoms. The molecular formula is C11H14N7+. The number of aromatic nitrogens is 6. The second-order valence-corrected chi connectivity index (χ2v) is 3.96. The van der Waals surface area contributed by atoms with Crippen molar-refractivity contribution in [3.63, 3.8) is 0 Å². The maximum Gasteiger partial charge on any atom is 0.260 e. The fourth-order valence-corrected chi connectivity index (χ4v) is 1.83. The normalized spacial score (nSPS) is 10.9. The molecule has 0 saturated heterocycles. The third kappa shape index (κ3) is 2.15. The summed E-state index contributed by atoms with van der Waals surface area (Å²) in [5.41, 5.74) is 1.62. The molecule has 3 rings (SSSR count). The fraction of sp³-hybridized carbons (Fsp3) is 0.273. The Kier molecular flexibility index (Phi) is 2.87. The van der Waals surface area contributed by atoms with Gasteiger partial charge in [0.25, 0.3) is 5.65 Å². The minimum absolute atomic E-state index is 0.714. The molecule has 0 spiro atoms. The lowest BCUT2D eigenvalue weighted by Crippen LogP contribution is -2.16. The van der Waals surface area contributed by atoms with Crippen LogP contribution in [0, 0.1) is 0 Å². The SMILES string of the molecule is c1cn(CCCNc2[nH+]cnc3nc[nH]c23)cn1. The number of H-pyrrole nitrogens is 2. The van der Waals surface area contributed by atoms with Gasteiger partial charge in [-0.3, -0.25) is 0 Å². The van der Waals surface area contributed by atoms with E-state index in [1.807, 2.05) is 12.5 Å². The second kappa shape index (κ2) is 4.82. The summed E-state index contributed by atoms with van der Waals surface area (Å²) in [6.45, 7) is 1.82. The van der Waals surface area contributed by atoms with E-state index in [1.165, 1.54) is 0 Å². The molecule has 0 aliphatic heterocycles. The maximum absolute atomic E-state index is 4.12. The van der Waals surface area contributed by atoms with Gasteiger partial charge in [-0.15, -0.1) is 0 Å². The lowest BCUT2D eigenvalue weighted by atomic mass is 10.4. The van der Waals surface area contributed by atoms with Crippen LogP contribution in [0.1, 0.15) is 6.42 Å². The first kappa shape index (κ1) is 10.7. The monoisotopic (exact) mass is 244 g/mol. The first-order valence-electron chi connectivity index (χ1n) is 5.83. The number of imidazole rings is 2. The molecule has 0 unspecified atom stereocenters. The Hall–Kier alpha value is -2.44. The molecule has 0 atom stereocenters. The van der Waals surface area contributed by atoms with Crippen LogP contribution in [0.5, 0.6) is 0 Å². The summed E-state index contributed by atoms with van der Waals surface area (Å²) in [6, 6.07) is 0. The minimum atomic E-state index is 0.714. The van der Waals surface area contributed by atoms with E-state index in [0.29, 0.717) is 5.65 Å². The summed E-state index contributed by atoms with van der Waals surface area (Å²) in [4.78, 5) is 18.4. The van der Waals surface area contributed by atoms with Gasteiger partial charge in [0.2, 0.25) is 12.1 Å². The molecule has 7 nitrogen and oxygen atoms in total. The molecule has 3 aromatic rings. The van der Waals surface area contributed by atoms with Crippen molar-refractivity contribution in [2.24, 2.45) is 0 Å². The Bertz CT molecular complexity index is 613. The fourth-order valence-electron chi connectivity index (χ4n) is 1.83. The van der Waals surface area contributed by atoms with Crippen LogP contribution in [0.2, 0.25) is 0 Å². The van der Waals surface area contributed by atoms with Gasteiger partial charge >= 0.3 is 0 Å². The zero-order chi connectivity index (χ0) is 12.2. The summed E-state index contributed by atoms with van der Waals surface area (Å²) >= 11 is 0. The molecule has 0 fully saturated rings. The van der Waals surface area contributed by atoms with E-state index in [-0.39, 0.29) is 0 Å². The molecule has 92 valence electrons. The highest BCUT2D eigenvalue weighted by molar-refractivity contribution is 5.79. The number of hydrogen-bond acceptors (Lipinski definition) is 4. The average Bonchev–Trinajstić information content (AvgIpc) is 3.05. The van der Waals surface area contributed by atoms with Crippen molar-refractivity contribution in [1.82, 2.24) is 24.5 Å². The first-order valence-corrected chi connectivity index (χ1v) is 5.83. The first-order chi connectivity index (χ1) is 8.93. The molecule has 0 amide bonds. The van der Waals surface area contributed by atoms with E-state index in [0.717, 1.165) is 30.8 Å². The Morgan fingerprint density at radius 3 is 3.28 bits per heavy atom. The molecule has 0 aliphatic carbocycles. The van der Waals surface area contributed by atoms with Crippen molar-refractivity contribution >= 4 is 17.0 Å². The van der Waals surface area contributed by atoms with Crippen LogP contribution in [-0.4, -0.2) is 31.0 Å². The molecular weight excluding hydrogens is 230 g/mol. The summed E-state index contributed by atoms with van der Waals surface area (Å²) in [5.74, 6) is 0.920. The van der Waals surface area contributed by atoms with Gasteiger partial charge in [-0.1, -0.05) is 4.98 Å². The lowest BCUT2D eigenvalue weighted by Gasteiger charge is -2.02. The average molecular weight is 244 g/mol. The van der Waals surface area contributed by atoms with Crippen LogP contribution in [0.25, 0.3) is 11.2 Å². The summed E-state index contributed by atoms with van der Waals surface area (Å²) in [7, 11) is 0. The number of nitrogens with one attached hydrogen (secondary N) is 3. The van der Waals surface area contributed by atoms with Gasteiger partial charge in [-0.25, -0.2) is 15.0 Å². The van der Waals surface area contributed by atoms with Gasteiger partial charge in [0.1, 0.15) is 0 Å². The van der Waals surface area contributed by atoms with Crippen molar-refractivity contribution in [2.45, 2.75) is 13.0 Å². The molecule has 0 aliphatic rings. The summed E-state index contributed by atoms with van der Waals surface area (Å²) in [6.07, 6.45) is 9.88. The molecule has 0 radical (unpaired) electrons. The van der Waals surface area contributed by atoms with Crippen molar-refractivity contribution < 1.29 is 4.98 Å². The van der Waals surface area contributed by atoms with Gasteiger partial charge in [0, 0.05) is 18.9 Å². The van der Waals surface area contributed by atoms with E-state index >= 15 is 0 Å². The van der Waals surface area contributed by atoms with E-state index in [1.54, 1.807) is 18.9 Å². The molecule has 7 heteroatoms. The standard InChI is InChI=1S/C11H13N7/c1(4-18-5-3-12-8-18)2-13-10-9-11(15-6-14-9)17-7-16-10/h3,5-8H,1-2,4H2,(H2,13,14,15,16,17)/p+1. The van der Waals surface area contributed by atoms with Crippen molar-refractivity contribution in [2.75, 3.05) is 11.9 Å². The van der Waals surface area contributed by atoms with Crippen LogP contribution in [0.15, 0.2) is 31.4 Å². The number of anilines is 1. The van der Waals surface area contributed by atoms with E-state index < -0.39 is 0 Å². The topological polar surface area (TPSA) is 85.6 Å². The van der Waals surface area contributed by atoms with Gasteiger partial charge in [0.05, 0.1) is 19.2 Å². The molecule has 0 bridgehead atoms. The smallest absolute Gasteiger partial charge is 0.260 e. The quantitative estimate of drug-likeness (QED) is 0.639. The van der Waals surface area contributed by atoms with Gasteiger partial charge in [-0.05, 0) is 6.42 Å². The zero-order valence-electron chi connectivity index (χ0n) is 9.80. The van der Waals surface area contributed by atoms with Crippen molar-refractivity contribution in [3.05, 3.63) is 31.4 Å². The van der Waals surface area contributed by atoms with E-state index in [2.05, 4.69) is 34.8 Å². The van der Waals surface area contributed by atoms with Gasteiger partial charge < -0.3 is 14.9 Å². The number of nitrogens with zero attached hydrogens (tertiary/aromatic N) is 4. The maximum atomic E-state index is 4.12. The summed E-state index contributed by atoms with van der Waals surface area (Å²) in [5, 5.41) is 3.34. The minimum Gasteiger partial charge on any atom is -0.337 e. The molecule has 3 heterocycles. The predicted octanol–water partition coefficient (Wildman–Crippen LogP) is 0.471. The molecule has 0 aromatic carbocycles. The van der Waals surface area contributed by atoms with Gasteiger partial charge in [-0.2, -0.15) is 0 Å². The second-order valence-electron chi connectivity index (χ2n) is 3.96. The third-order valence-electron chi connectivity index (χ3n) is 2.72.